The third-order valence-corrected chi connectivity index (χ3v) is 9.43. The lowest BCUT2D eigenvalue weighted by Gasteiger charge is -2.51. The minimum absolute atomic E-state index is 0.210. The number of anilines is 1. The molecule has 0 radical (unpaired) electrons. The third-order valence-electron chi connectivity index (χ3n) is 9.43. The van der Waals surface area contributed by atoms with E-state index in [0.717, 1.165) is 68.0 Å². The SMILES string of the molecule is COc1ccc(C=C2[C@@H]3CCC[C@@]2(COC(=O)c2ccccc2N2C(=O)C=C(C)C2=O)CN(CCCc2ccccc2)C3)cc1. The van der Waals surface area contributed by atoms with Gasteiger partial charge in [-0.3, -0.25) is 9.59 Å². The van der Waals surface area contributed by atoms with Crippen LogP contribution in [-0.2, 0) is 20.7 Å². The Kier molecular flexibility index (Phi) is 8.99. The lowest BCUT2D eigenvalue weighted by atomic mass is 9.62. The maximum Gasteiger partial charge on any atom is 0.340 e. The summed E-state index contributed by atoms with van der Waals surface area (Å²) in [7, 11) is 1.67. The van der Waals surface area contributed by atoms with Crippen LogP contribution >= 0.6 is 0 Å². The normalized spacial score (nSPS) is 22.4. The second kappa shape index (κ2) is 13.2. The predicted molar refractivity (Wildman–Crippen MR) is 175 cm³/mol. The second-order valence-electron chi connectivity index (χ2n) is 12.5. The molecule has 2 fully saturated rings. The average Bonchev–Trinajstić information content (AvgIpc) is 3.31. The van der Waals surface area contributed by atoms with E-state index in [1.54, 1.807) is 38.3 Å². The van der Waals surface area contributed by atoms with Gasteiger partial charge in [0, 0.05) is 30.2 Å². The maximum atomic E-state index is 13.7. The van der Waals surface area contributed by atoms with Gasteiger partial charge >= 0.3 is 5.97 Å². The molecule has 3 aliphatic rings. The van der Waals surface area contributed by atoms with Gasteiger partial charge in [-0.25, -0.2) is 9.69 Å². The summed E-state index contributed by atoms with van der Waals surface area (Å²) in [6.07, 6.45) is 8.76. The molecule has 3 aromatic rings. The number of hydrogen-bond donors (Lipinski definition) is 0. The van der Waals surface area contributed by atoms with Gasteiger partial charge in [0.25, 0.3) is 11.8 Å². The number of piperidine rings is 1. The van der Waals surface area contributed by atoms with Gasteiger partial charge in [0.1, 0.15) is 12.4 Å². The molecule has 1 aliphatic carbocycles. The van der Waals surface area contributed by atoms with Crippen LogP contribution in [0.3, 0.4) is 0 Å². The van der Waals surface area contributed by atoms with Crippen LogP contribution in [0.25, 0.3) is 6.08 Å². The predicted octanol–water partition coefficient (Wildman–Crippen LogP) is 6.49. The molecule has 0 aromatic heterocycles. The number of amides is 2. The number of imide groups is 1. The van der Waals surface area contributed by atoms with E-state index >= 15 is 0 Å². The third kappa shape index (κ3) is 6.50. The van der Waals surface area contributed by atoms with Gasteiger partial charge in [-0.15, -0.1) is 0 Å². The molecule has 2 heterocycles. The number of likely N-dealkylation sites (tertiary alicyclic amines) is 1. The number of benzene rings is 3. The number of nitrogens with zero attached hydrogens (tertiary/aromatic N) is 2. The minimum Gasteiger partial charge on any atom is -0.497 e. The largest absolute Gasteiger partial charge is 0.497 e. The summed E-state index contributed by atoms with van der Waals surface area (Å²) < 4.78 is 11.6. The lowest BCUT2D eigenvalue weighted by Crippen LogP contribution is -2.53. The van der Waals surface area contributed by atoms with Crippen LogP contribution in [0.15, 0.2) is 96.1 Å². The Bertz CT molecular complexity index is 1630. The van der Waals surface area contributed by atoms with Crippen LogP contribution in [0.5, 0.6) is 5.75 Å². The molecule has 45 heavy (non-hydrogen) atoms. The van der Waals surface area contributed by atoms with Gasteiger partial charge in [0.2, 0.25) is 0 Å². The van der Waals surface area contributed by atoms with E-state index in [0.29, 0.717) is 11.5 Å². The zero-order valence-corrected chi connectivity index (χ0v) is 26.0. The first-order valence-electron chi connectivity index (χ1n) is 15.8. The molecule has 2 aliphatic heterocycles. The van der Waals surface area contributed by atoms with Gasteiger partial charge < -0.3 is 14.4 Å². The minimum atomic E-state index is -0.530. The highest BCUT2D eigenvalue weighted by atomic mass is 16.5. The smallest absolute Gasteiger partial charge is 0.340 e. The molecule has 0 spiro atoms. The topological polar surface area (TPSA) is 76.1 Å². The molecule has 0 N–H and O–H groups in total. The summed E-state index contributed by atoms with van der Waals surface area (Å²) >= 11 is 0. The van der Waals surface area contributed by atoms with E-state index in [2.05, 4.69) is 47.4 Å². The fourth-order valence-corrected chi connectivity index (χ4v) is 7.20. The summed E-state index contributed by atoms with van der Waals surface area (Å²) in [5.41, 5.74) is 4.26. The van der Waals surface area contributed by atoms with E-state index < -0.39 is 17.8 Å². The quantitative estimate of drug-likeness (QED) is 0.195. The Morgan fingerprint density at radius 1 is 1.00 bits per heavy atom. The van der Waals surface area contributed by atoms with Crippen molar-refractivity contribution in [3.05, 3.63) is 113 Å². The van der Waals surface area contributed by atoms with Gasteiger partial charge in [-0.1, -0.05) is 72.7 Å². The highest BCUT2D eigenvalue weighted by molar-refractivity contribution is 6.31. The van der Waals surface area contributed by atoms with Gasteiger partial charge in [0.15, 0.2) is 0 Å². The molecular weight excluding hydrogens is 564 g/mol. The standard InChI is InChI=1S/C38H40N2O5/c1-27-22-35(41)40(36(27)42)34-15-7-6-14-32(34)37(43)45-26-38-20-8-13-30(33(38)23-29-16-18-31(44-2)19-17-29)24-39(25-38)21-9-12-28-10-4-3-5-11-28/h3-7,10-11,14-19,22-23,30H,8-9,12-13,20-21,24-26H2,1-2H3/t30-,38+/m1/s1. The van der Waals surface area contributed by atoms with Crippen molar-refractivity contribution in [1.29, 1.82) is 0 Å². The number of methoxy groups -OCH3 is 1. The fourth-order valence-electron chi connectivity index (χ4n) is 7.20. The van der Waals surface area contributed by atoms with Crippen molar-refractivity contribution < 1.29 is 23.9 Å². The zero-order chi connectivity index (χ0) is 31.4. The van der Waals surface area contributed by atoms with E-state index in [9.17, 15) is 14.4 Å². The first-order valence-corrected chi connectivity index (χ1v) is 15.8. The fraction of sp³-hybridized carbons (Fsp3) is 0.342. The Morgan fingerprint density at radius 3 is 2.49 bits per heavy atom. The van der Waals surface area contributed by atoms with E-state index in [-0.39, 0.29) is 23.3 Å². The number of ether oxygens (including phenoxy) is 2. The molecule has 7 heteroatoms. The Hall–Kier alpha value is -4.49. The Balaban J connectivity index is 1.25. The average molecular weight is 605 g/mol. The summed E-state index contributed by atoms with van der Waals surface area (Å²) in [4.78, 5) is 42.8. The number of esters is 1. The number of para-hydroxylation sites is 1. The zero-order valence-electron chi connectivity index (χ0n) is 26.0. The van der Waals surface area contributed by atoms with Crippen molar-refractivity contribution in [2.75, 3.05) is 38.3 Å². The molecule has 2 atom stereocenters. The van der Waals surface area contributed by atoms with Crippen molar-refractivity contribution in [3.8, 4) is 5.75 Å². The van der Waals surface area contributed by atoms with E-state index in [1.165, 1.54) is 17.2 Å². The van der Waals surface area contributed by atoms with Crippen LogP contribution in [0.2, 0.25) is 0 Å². The van der Waals surface area contributed by atoms with E-state index in [4.69, 9.17) is 9.47 Å². The first-order chi connectivity index (χ1) is 21.9. The molecular formula is C38H40N2O5. The van der Waals surface area contributed by atoms with Crippen molar-refractivity contribution in [2.45, 2.75) is 39.0 Å². The van der Waals surface area contributed by atoms with Crippen molar-refractivity contribution in [1.82, 2.24) is 4.90 Å². The first kappa shape index (κ1) is 30.5. The Labute approximate surface area is 265 Å². The molecule has 2 bridgehead atoms. The van der Waals surface area contributed by atoms with Gasteiger partial charge in [-0.2, -0.15) is 0 Å². The number of carbonyl (C=O) groups excluding carboxylic acids is 3. The lowest BCUT2D eigenvalue weighted by molar-refractivity contribution is -0.120. The molecule has 1 saturated heterocycles. The molecule has 1 saturated carbocycles. The van der Waals surface area contributed by atoms with Crippen LogP contribution in [0, 0.1) is 11.3 Å². The second-order valence-corrected chi connectivity index (χ2v) is 12.5. The molecule has 7 nitrogen and oxygen atoms in total. The summed E-state index contributed by atoms with van der Waals surface area (Å²) in [5, 5.41) is 0. The number of carbonyl (C=O) groups is 3. The van der Waals surface area contributed by atoms with Crippen molar-refractivity contribution >= 4 is 29.5 Å². The summed E-state index contributed by atoms with van der Waals surface area (Å²) in [6.45, 7) is 4.60. The molecule has 6 rings (SSSR count). The monoisotopic (exact) mass is 604 g/mol. The van der Waals surface area contributed by atoms with Crippen molar-refractivity contribution in [2.24, 2.45) is 11.3 Å². The summed E-state index contributed by atoms with van der Waals surface area (Å²) in [6, 6.07) is 25.4. The molecule has 232 valence electrons. The number of rotatable bonds is 10. The number of hydrogen-bond acceptors (Lipinski definition) is 6. The van der Waals surface area contributed by atoms with Gasteiger partial charge in [-0.05, 0) is 80.5 Å². The maximum absolute atomic E-state index is 13.7. The van der Waals surface area contributed by atoms with Crippen LogP contribution in [-0.4, -0.2) is 56.0 Å². The van der Waals surface area contributed by atoms with Crippen LogP contribution in [0.1, 0.15) is 54.1 Å². The molecule has 3 aromatic carbocycles. The van der Waals surface area contributed by atoms with Crippen LogP contribution < -0.4 is 9.64 Å². The molecule has 0 unspecified atom stereocenters. The van der Waals surface area contributed by atoms with Crippen molar-refractivity contribution in [3.63, 3.8) is 0 Å². The highest BCUT2D eigenvalue weighted by Crippen LogP contribution is 2.49. The van der Waals surface area contributed by atoms with Gasteiger partial charge in [0.05, 0.1) is 18.4 Å². The van der Waals surface area contributed by atoms with E-state index in [1.807, 2.05) is 18.2 Å². The molecule has 2 amide bonds. The summed E-state index contributed by atoms with van der Waals surface area (Å²) in [5.74, 6) is -0.219. The van der Waals surface area contributed by atoms with Crippen LogP contribution in [0.4, 0.5) is 5.69 Å². The number of aryl methyl sites for hydroxylation is 1. The number of fused-ring (bicyclic) bond motifs is 2. The Morgan fingerprint density at radius 2 is 1.76 bits per heavy atom. The highest BCUT2D eigenvalue weighted by Gasteiger charge is 2.47.